The van der Waals surface area contributed by atoms with Gasteiger partial charge in [0.25, 0.3) is 5.91 Å². The Morgan fingerprint density at radius 2 is 2.14 bits per heavy atom. The van der Waals surface area contributed by atoms with Crippen LogP contribution in [-0.4, -0.2) is 16.0 Å². The number of aromatic nitrogens is 2. The van der Waals surface area contributed by atoms with Gasteiger partial charge in [-0.25, -0.2) is 4.98 Å². The number of rotatable bonds is 4. The predicted molar refractivity (Wildman–Crippen MR) is 66.3 cm³/mol. The molecule has 0 aliphatic heterocycles. The first-order valence-corrected chi connectivity index (χ1v) is 5.81. The smallest absolute Gasteiger partial charge is 0.365 e. The zero-order chi connectivity index (χ0) is 15.6. The number of amides is 1. The van der Waals surface area contributed by atoms with Crippen LogP contribution in [0.1, 0.15) is 27.5 Å². The highest BCUT2D eigenvalue weighted by Crippen LogP contribution is 2.29. The summed E-state index contributed by atoms with van der Waals surface area (Å²) in [5, 5.41) is 6.23. The SMILES string of the molecule is Cc1cc(CNc2nc(C(F)(F)F)ccc2C(N)=O)on1. The standard InChI is InChI=1S/C12H11F3N4O2/c1-6-4-7(21-19-6)5-17-11-8(10(16)20)2-3-9(18-11)12(13,14)15/h2-4H,5H2,1H3,(H2,16,20)(H,17,18). The fourth-order valence-corrected chi connectivity index (χ4v) is 1.62. The van der Waals surface area contributed by atoms with Crippen LogP contribution in [0.4, 0.5) is 19.0 Å². The van der Waals surface area contributed by atoms with Crippen LogP contribution >= 0.6 is 0 Å². The lowest BCUT2D eigenvalue weighted by atomic mass is 10.2. The minimum absolute atomic E-state index is 0.0232. The van der Waals surface area contributed by atoms with E-state index in [1.807, 2.05) is 0 Å². The topological polar surface area (TPSA) is 94.0 Å². The molecule has 2 aromatic rings. The van der Waals surface area contributed by atoms with E-state index in [9.17, 15) is 18.0 Å². The lowest BCUT2D eigenvalue weighted by Crippen LogP contribution is -2.18. The number of hydrogen-bond donors (Lipinski definition) is 2. The first-order valence-electron chi connectivity index (χ1n) is 5.81. The Morgan fingerprint density at radius 3 is 2.67 bits per heavy atom. The highest BCUT2D eigenvalue weighted by atomic mass is 19.4. The maximum Gasteiger partial charge on any atom is 0.433 e. The molecule has 112 valence electrons. The molecule has 3 N–H and O–H groups in total. The summed E-state index contributed by atoms with van der Waals surface area (Å²) < 4.78 is 42.8. The van der Waals surface area contributed by atoms with Crippen molar-refractivity contribution in [3.8, 4) is 0 Å². The monoisotopic (exact) mass is 300 g/mol. The predicted octanol–water partition coefficient (Wildman–Crippen LogP) is 2.11. The molecule has 0 aromatic carbocycles. The van der Waals surface area contributed by atoms with Gasteiger partial charge in [0.1, 0.15) is 11.5 Å². The van der Waals surface area contributed by atoms with E-state index < -0.39 is 17.8 Å². The van der Waals surface area contributed by atoms with Crippen LogP contribution in [0.25, 0.3) is 0 Å². The van der Waals surface area contributed by atoms with Crippen LogP contribution < -0.4 is 11.1 Å². The molecule has 6 nitrogen and oxygen atoms in total. The van der Waals surface area contributed by atoms with E-state index in [2.05, 4.69) is 15.5 Å². The molecule has 2 aromatic heterocycles. The molecule has 0 saturated heterocycles. The number of nitrogens with one attached hydrogen (secondary N) is 1. The second-order valence-electron chi connectivity index (χ2n) is 4.24. The molecule has 1 amide bonds. The van der Waals surface area contributed by atoms with Gasteiger partial charge in [-0.05, 0) is 19.1 Å². The third-order valence-corrected chi connectivity index (χ3v) is 2.56. The molecule has 21 heavy (non-hydrogen) atoms. The fourth-order valence-electron chi connectivity index (χ4n) is 1.62. The number of carbonyl (C=O) groups excluding carboxylic acids is 1. The third kappa shape index (κ3) is 3.50. The molecule has 0 aliphatic carbocycles. The van der Waals surface area contributed by atoms with Crippen molar-refractivity contribution < 1.29 is 22.5 Å². The van der Waals surface area contributed by atoms with Crippen LogP contribution in [0.5, 0.6) is 0 Å². The average molecular weight is 300 g/mol. The Hall–Kier alpha value is -2.58. The van der Waals surface area contributed by atoms with Crippen molar-refractivity contribution in [3.05, 3.63) is 40.9 Å². The molecule has 9 heteroatoms. The van der Waals surface area contributed by atoms with Gasteiger partial charge in [0.05, 0.1) is 17.8 Å². The first-order chi connectivity index (χ1) is 9.77. The largest absolute Gasteiger partial charge is 0.433 e. The molecule has 0 bridgehead atoms. The number of primary amides is 1. The van der Waals surface area contributed by atoms with E-state index in [-0.39, 0.29) is 17.9 Å². The van der Waals surface area contributed by atoms with Gasteiger partial charge in [-0.15, -0.1) is 0 Å². The van der Waals surface area contributed by atoms with E-state index in [0.29, 0.717) is 17.5 Å². The zero-order valence-electron chi connectivity index (χ0n) is 10.9. The highest BCUT2D eigenvalue weighted by Gasteiger charge is 2.33. The molecular formula is C12H11F3N4O2. The van der Waals surface area contributed by atoms with Crippen LogP contribution in [0, 0.1) is 6.92 Å². The van der Waals surface area contributed by atoms with Crippen molar-refractivity contribution in [2.24, 2.45) is 5.73 Å². The van der Waals surface area contributed by atoms with Gasteiger partial charge in [-0.2, -0.15) is 13.2 Å². The zero-order valence-corrected chi connectivity index (χ0v) is 10.9. The van der Waals surface area contributed by atoms with E-state index in [0.717, 1.165) is 6.07 Å². The Bertz CT molecular complexity index is 667. The number of pyridine rings is 1. The van der Waals surface area contributed by atoms with Gasteiger partial charge in [0, 0.05) is 6.07 Å². The number of aryl methyl sites for hydroxylation is 1. The Balaban J connectivity index is 2.28. The summed E-state index contributed by atoms with van der Waals surface area (Å²) in [7, 11) is 0. The van der Waals surface area contributed by atoms with Crippen molar-refractivity contribution in [2.75, 3.05) is 5.32 Å². The summed E-state index contributed by atoms with van der Waals surface area (Å²) in [6, 6.07) is 3.28. The summed E-state index contributed by atoms with van der Waals surface area (Å²) in [6.45, 7) is 1.72. The number of nitrogens with two attached hydrogens (primary N) is 1. The average Bonchev–Trinajstić information content (AvgIpc) is 2.80. The minimum atomic E-state index is -4.62. The summed E-state index contributed by atoms with van der Waals surface area (Å²) in [5.74, 6) is -0.749. The molecule has 2 heterocycles. The highest BCUT2D eigenvalue weighted by molar-refractivity contribution is 5.97. The van der Waals surface area contributed by atoms with Gasteiger partial charge < -0.3 is 15.6 Å². The van der Waals surface area contributed by atoms with Crippen molar-refractivity contribution in [1.82, 2.24) is 10.1 Å². The van der Waals surface area contributed by atoms with Crippen molar-refractivity contribution >= 4 is 11.7 Å². The Morgan fingerprint density at radius 1 is 1.43 bits per heavy atom. The van der Waals surface area contributed by atoms with Crippen LogP contribution in [0.2, 0.25) is 0 Å². The molecule has 0 atom stereocenters. The number of anilines is 1. The van der Waals surface area contributed by atoms with Crippen LogP contribution in [0.15, 0.2) is 22.7 Å². The van der Waals surface area contributed by atoms with Crippen molar-refractivity contribution in [1.29, 1.82) is 0 Å². The molecule has 0 spiro atoms. The number of hydrogen-bond acceptors (Lipinski definition) is 5. The van der Waals surface area contributed by atoms with E-state index in [1.165, 1.54) is 0 Å². The number of halogens is 3. The van der Waals surface area contributed by atoms with Gasteiger partial charge in [0.2, 0.25) is 0 Å². The van der Waals surface area contributed by atoms with Gasteiger partial charge in [0.15, 0.2) is 5.76 Å². The molecule has 0 aliphatic rings. The Labute approximate surface area is 117 Å². The lowest BCUT2D eigenvalue weighted by Gasteiger charge is -2.11. The fraction of sp³-hybridized carbons (Fsp3) is 0.250. The van der Waals surface area contributed by atoms with Crippen molar-refractivity contribution in [3.63, 3.8) is 0 Å². The molecule has 0 unspecified atom stereocenters. The summed E-state index contributed by atoms with van der Waals surface area (Å²) in [4.78, 5) is 14.6. The third-order valence-electron chi connectivity index (χ3n) is 2.56. The second-order valence-corrected chi connectivity index (χ2v) is 4.24. The number of nitrogens with zero attached hydrogens (tertiary/aromatic N) is 2. The Kier molecular flexibility index (Phi) is 3.83. The molecular weight excluding hydrogens is 289 g/mol. The summed E-state index contributed by atoms with van der Waals surface area (Å²) in [5.41, 5.74) is 4.47. The van der Waals surface area contributed by atoms with E-state index >= 15 is 0 Å². The lowest BCUT2D eigenvalue weighted by molar-refractivity contribution is -0.141. The normalized spacial score (nSPS) is 11.4. The van der Waals surface area contributed by atoms with Crippen molar-refractivity contribution in [2.45, 2.75) is 19.6 Å². The maximum atomic E-state index is 12.6. The van der Waals surface area contributed by atoms with Gasteiger partial charge in [-0.3, -0.25) is 4.79 Å². The van der Waals surface area contributed by atoms with E-state index in [4.69, 9.17) is 10.3 Å². The van der Waals surface area contributed by atoms with Crippen LogP contribution in [0.3, 0.4) is 0 Å². The minimum Gasteiger partial charge on any atom is -0.365 e. The molecule has 0 saturated carbocycles. The van der Waals surface area contributed by atoms with Crippen LogP contribution in [-0.2, 0) is 12.7 Å². The molecule has 2 rings (SSSR count). The molecule has 0 fully saturated rings. The van der Waals surface area contributed by atoms with Gasteiger partial charge >= 0.3 is 6.18 Å². The number of alkyl halides is 3. The number of carbonyl (C=O) groups is 1. The first kappa shape index (κ1) is 14.8. The molecule has 0 radical (unpaired) electrons. The summed E-state index contributed by atoms with van der Waals surface area (Å²) in [6.07, 6.45) is -4.62. The van der Waals surface area contributed by atoms with Gasteiger partial charge in [-0.1, -0.05) is 5.16 Å². The maximum absolute atomic E-state index is 12.6. The van der Waals surface area contributed by atoms with E-state index in [1.54, 1.807) is 13.0 Å². The summed E-state index contributed by atoms with van der Waals surface area (Å²) >= 11 is 0. The quantitative estimate of drug-likeness (QED) is 0.901. The second kappa shape index (κ2) is 5.43.